The lowest BCUT2D eigenvalue weighted by atomic mass is 10.1. The predicted octanol–water partition coefficient (Wildman–Crippen LogP) is -1.23. The third kappa shape index (κ3) is 3.72. The molecule has 1 rings (SSSR count). The maximum atomic E-state index is 11.4. The summed E-state index contributed by atoms with van der Waals surface area (Å²) < 4.78 is 0. The Hall–Kier alpha value is -2.12. The summed E-state index contributed by atoms with van der Waals surface area (Å²) in [5, 5.41) is 13.4. The molecule has 0 radical (unpaired) electrons. The van der Waals surface area contributed by atoms with E-state index >= 15 is 0 Å². The summed E-state index contributed by atoms with van der Waals surface area (Å²) in [5.41, 5.74) is 0. The van der Waals surface area contributed by atoms with Gasteiger partial charge in [-0.3, -0.25) is 19.3 Å². The van der Waals surface area contributed by atoms with E-state index in [2.05, 4.69) is 10.6 Å². The molecule has 0 aromatic carbocycles. The van der Waals surface area contributed by atoms with Crippen molar-refractivity contribution in [2.75, 3.05) is 19.6 Å². The van der Waals surface area contributed by atoms with Crippen LogP contribution in [0.15, 0.2) is 0 Å². The van der Waals surface area contributed by atoms with Gasteiger partial charge in [-0.05, 0) is 6.42 Å². The number of nitrogens with zero attached hydrogens (tertiary/aromatic N) is 1. The predicted molar refractivity (Wildman–Crippen MR) is 59.5 cm³/mol. The number of imide groups is 1. The summed E-state index contributed by atoms with van der Waals surface area (Å²) in [6.07, 6.45) is 0.293. The van der Waals surface area contributed by atoms with E-state index in [-0.39, 0.29) is 19.6 Å². The number of hydrogen-bond acceptors (Lipinski definition) is 4. The summed E-state index contributed by atoms with van der Waals surface area (Å²) in [4.78, 5) is 45.0. The summed E-state index contributed by atoms with van der Waals surface area (Å²) in [5.74, 6) is -2.42. The fourth-order valence-corrected chi connectivity index (χ4v) is 1.37. The highest BCUT2D eigenvalue weighted by Crippen LogP contribution is 2.00. The van der Waals surface area contributed by atoms with Gasteiger partial charge in [0.2, 0.25) is 5.91 Å². The highest BCUT2D eigenvalue weighted by molar-refractivity contribution is 6.04. The van der Waals surface area contributed by atoms with Gasteiger partial charge in [0, 0.05) is 6.54 Å². The number of amides is 4. The van der Waals surface area contributed by atoms with Crippen LogP contribution in [0.3, 0.4) is 0 Å². The van der Waals surface area contributed by atoms with E-state index in [9.17, 15) is 19.2 Å². The van der Waals surface area contributed by atoms with Crippen molar-refractivity contribution in [2.45, 2.75) is 13.3 Å². The minimum atomic E-state index is -0.932. The molecule has 1 aliphatic rings. The SMILES string of the molecule is CC(CCNC(=O)CN1C(=O)CNC1=O)C(=O)O. The van der Waals surface area contributed by atoms with E-state index in [4.69, 9.17) is 5.11 Å². The van der Waals surface area contributed by atoms with Gasteiger partial charge in [-0.15, -0.1) is 0 Å². The fraction of sp³-hybridized carbons (Fsp3) is 0.600. The van der Waals surface area contributed by atoms with E-state index in [0.29, 0.717) is 6.42 Å². The van der Waals surface area contributed by atoms with Crippen LogP contribution in [0.2, 0.25) is 0 Å². The second-order valence-electron chi connectivity index (χ2n) is 4.02. The van der Waals surface area contributed by atoms with Crippen LogP contribution in [-0.4, -0.2) is 53.5 Å². The quantitative estimate of drug-likeness (QED) is 0.515. The van der Waals surface area contributed by atoms with Gasteiger partial charge in [0.05, 0.1) is 12.5 Å². The number of rotatable bonds is 6. The van der Waals surface area contributed by atoms with E-state index in [0.717, 1.165) is 4.90 Å². The Balaban J connectivity index is 2.28. The van der Waals surface area contributed by atoms with Crippen molar-refractivity contribution in [1.29, 1.82) is 0 Å². The molecule has 1 fully saturated rings. The molecule has 0 saturated carbocycles. The summed E-state index contributed by atoms with van der Waals surface area (Å²) in [7, 11) is 0. The van der Waals surface area contributed by atoms with Gasteiger partial charge in [0.25, 0.3) is 5.91 Å². The van der Waals surface area contributed by atoms with Gasteiger partial charge >= 0.3 is 12.0 Å². The first-order chi connectivity index (χ1) is 8.41. The standard InChI is InChI=1S/C10H15N3O5/c1-6(9(16)17)2-3-11-7(14)5-13-8(15)4-12-10(13)18/h6H,2-5H2,1H3,(H,11,14)(H,12,18)(H,16,17). The molecule has 0 spiro atoms. The Morgan fingerprint density at radius 2 is 2.17 bits per heavy atom. The zero-order valence-electron chi connectivity index (χ0n) is 9.93. The van der Waals surface area contributed by atoms with Crippen LogP contribution in [0.1, 0.15) is 13.3 Å². The van der Waals surface area contributed by atoms with Crippen LogP contribution < -0.4 is 10.6 Å². The van der Waals surface area contributed by atoms with Gasteiger partial charge < -0.3 is 15.7 Å². The summed E-state index contributed by atoms with van der Waals surface area (Å²) in [6.45, 7) is 1.29. The molecule has 0 aliphatic carbocycles. The molecule has 4 amide bonds. The Morgan fingerprint density at radius 1 is 1.50 bits per heavy atom. The van der Waals surface area contributed by atoms with Crippen molar-refractivity contribution >= 4 is 23.8 Å². The molecular formula is C10H15N3O5. The molecule has 0 bridgehead atoms. The molecule has 0 aromatic heterocycles. The first-order valence-electron chi connectivity index (χ1n) is 5.49. The number of urea groups is 1. The van der Waals surface area contributed by atoms with Gasteiger partial charge in [-0.25, -0.2) is 4.79 Å². The highest BCUT2D eigenvalue weighted by Gasteiger charge is 2.29. The van der Waals surface area contributed by atoms with Gasteiger partial charge in [0.15, 0.2) is 0 Å². The van der Waals surface area contributed by atoms with Crippen LogP contribution in [0, 0.1) is 5.92 Å². The van der Waals surface area contributed by atoms with Crippen molar-refractivity contribution in [1.82, 2.24) is 15.5 Å². The Morgan fingerprint density at radius 3 is 2.67 bits per heavy atom. The van der Waals surface area contributed by atoms with Crippen LogP contribution in [0.5, 0.6) is 0 Å². The number of nitrogens with one attached hydrogen (secondary N) is 2. The zero-order chi connectivity index (χ0) is 13.7. The normalized spacial score (nSPS) is 16.4. The topological polar surface area (TPSA) is 116 Å². The largest absolute Gasteiger partial charge is 0.481 e. The van der Waals surface area contributed by atoms with Crippen molar-refractivity contribution in [3.63, 3.8) is 0 Å². The molecule has 18 heavy (non-hydrogen) atoms. The number of carboxylic acids is 1. The van der Waals surface area contributed by atoms with Crippen LogP contribution >= 0.6 is 0 Å². The maximum Gasteiger partial charge on any atom is 0.325 e. The monoisotopic (exact) mass is 257 g/mol. The van der Waals surface area contributed by atoms with Gasteiger partial charge in [0.1, 0.15) is 6.54 Å². The van der Waals surface area contributed by atoms with E-state index in [1.165, 1.54) is 6.92 Å². The number of aliphatic carboxylic acids is 1. The molecule has 3 N–H and O–H groups in total. The zero-order valence-corrected chi connectivity index (χ0v) is 9.93. The van der Waals surface area contributed by atoms with Crippen molar-refractivity contribution in [2.24, 2.45) is 5.92 Å². The second-order valence-corrected chi connectivity index (χ2v) is 4.02. The number of carboxylic acid groups (broad SMARTS) is 1. The molecule has 1 saturated heterocycles. The van der Waals surface area contributed by atoms with E-state index in [1.807, 2.05) is 0 Å². The Labute approximate surface area is 103 Å². The smallest absolute Gasteiger partial charge is 0.325 e. The van der Waals surface area contributed by atoms with Crippen LogP contribution in [0.4, 0.5) is 4.79 Å². The minimum Gasteiger partial charge on any atom is -0.481 e. The van der Waals surface area contributed by atoms with E-state index in [1.54, 1.807) is 0 Å². The van der Waals surface area contributed by atoms with Crippen molar-refractivity contribution in [3.05, 3.63) is 0 Å². The van der Waals surface area contributed by atoms with Crippen molar-refractivity contribution < 1.29 is 24.3 Å². The second kappa shape index (κ2) is 5.99. The number of carbonyl (C=O) groups is 4. The summed E-state index contributed by atoms with van der Waals surface area (Å²) in [6, 6.07) is -0.589. The Bertz CT molecular complexity index is 366. The lowest BCUT2D eigenvalue weighted by molar-refractivity contribution is -0.141. The highest BCUT2D eigenvalue weighted by atomic mass is 16.4. The minimum absolute atomic E-state index is 0.0951. The third-order valence-electron chi connectivity index (χ3n) is 2.56. The maximum absolute atomic E-state index is 11.4. The number of carbonyl (C=O) groups excluding carboxylic acids is 3. The van der Waals surface area contributed by atoms with Gasteiger partial charge in [-0.2, -0.15) is 0 Å². The molecular weight excluding hydrogens is 242 g/mol. The number of hydrogen-bond donors (Lipinski definition) is 3. The lowest BCUT2D eigenvalue weighted by Gasteiger charge is -2.12. The van der Waals surface area contributed by atoms with E-state index < -0.39 is 29.7 Å². The average molecular weight is 257 g/mol. The van der Waals surface area contributed by atoms with Gasteiger partial charge in [-0.1, -0.05) is 6.92 Å². The molecule has 1 unspecified atom stereocenters. The molecule has 1 aliphatic heterocycles. The molecule has 100 valence electrons. The van der Waals surface area contributed by atoms with Crippen molar-refractivity contribution in [3.8, 4) is 0 Å². The lowest BCUT2D eigenvalue weighted by Crippen LogP contribution is -2.41. The molecule has 0 aromatic rings. The molecule has 8 heteroatoms. The average Bonchev–Trinajstić information content (AvgIpc) is 2.60. The first kappa shape index (κ1) is 13.9. The molecule has 1 heterocycles. The Kier molecular flexibility index (Phi) is 4.64. The van der Waals surface area contributed by atoms with Crippen LogP contribution in [0.25, 0.3) is 0 Å². The fourth-order valence-electron chi connectivity index (χ4n) is 1.37. The molecule has 1 atom stereocenters. The summed E-state index contributed by atoms with van der Waals surface area (Å²) >= 11 is 0. The first-order valence-corrected chi connectivity index (χ1v) is 5.49. The molecule has 8 nitrogen and oxygen atoms in total. The third-order valence-corrected chi connectivity index (χ3v) is 2.56. The van der Waals surface area contributed by atoms with Crippen LogP contribution in [-0.2, 0) is 14.4 Å².